The Kier molecular flexibility index (Phi) is 2.17. The Morgan fingerprint density at radius 1 is 1.00 bits per heavy atom. The third kappa shape index (κ3) is 1.43. The van der Waals surface area contributed by atoms with Crippen LogP contribution in [0.15, 0.2) is 30.3 Å². The van der Waals surface area contributed by atoms with E-state index >= 15 is 0 Å². The van der Waals surface area contributed by atoms with E-state index in [4.69, 9.17) is 4.74 Å². The second-order valence-corrected chi connectivity index (χ2v) is 5.24. The van der Waals surface area contributed by atoms with Crippen molar-refractivity contribution >= 4 is 0 Å². The predicted molar refractivity (Wildman–Crippen MR) is 69.1 cm³/mol. The molecule has 2 N–H and O–H groups in total. The van der Waals surface area contributed by atoms with Crippen molar-refractivity contribution in [2.75, 3.05) is 0 Å². The van der Waals surface area contributed by atoms with Crippen LogP contribution in [0, 0.1) is 0 Å². The van der Waals surface area contributed by atoms with Crippen LogP contribution in [-0.2, 0) is 11.3 Å². The van der Waals surface area contributed by atoms with Gasteiger partial charge in [-0.15, -0.1) is 0 Å². The molecule has 4 heteroatoms. The molecule has 98 valence electrons. The summed E-state index contributed by atoms with van der Waals surface area (Å²) in [4.78, 5) is 0. The van der Waals surface area contributed by atoms with E-state index in [2.05, 4.69) is 0 Å². The predicted octanol–water partition coefficient (Wildman–Crippen LogP) is 2.85. The van der Waals surface area contributed by atoms with Gasteiger partial charge in [-0.3, -0.25) is 4.57 Å². The Balaban J connectivity index is 1.79. The number of ether oxygens (including phenoxy) is 1. The SMILES string of the molecule is Oc1c2c(c(O)n1Cc1ccccc1)C1CCC2O1. The third-order valence-electron chi connectivity index (χ3n) is 4.13. The highest BCUT2D eigenvalue weighted by atomic mass is 16.5. The van der Waals surface area contributed by atoms with E-state index < -0.39 is 0 Å². The third-order valence-corrected chi connectivity index (χ3v) is 4.13. The second kappa shape index (κ2) is 3.78. The van der Waals surface area contributed by atoms with Gasteiger partial charge in [0.15, 0.2) is 0 Å². The molecule has 0 spiro atoms. The lowest BCUT2D eigenvalue weighted by Gasteiger charge is -2.10. The van der Waals surface area contributed by atoms with Crippen molar-refractivity contribution in [3.63, 3.8) is 0 Å². The molecular weight excluding hydrogens is 242 g/mol. The number of nitrogens with zero attached hydrogens (tertiary/aromatic N) is 1. The summed E-state index contributed by atoms with van der Waals surface area (Å²) in [6.07, 6.45) is 1.78. The molecule has 2 aromatic rings. The molecule has 1 saturated heterocycles. The smallest absolute Gasteiger partial charge is 0.200 e. The molecule has 2 unspecified atom stereocenters. The summed E-state index contributed by atoms with van der Waals surface area (Å²) < 4.78 is 7.29. The highest BCUT2D eigenvalue weighted by molar-refractivity contribution is 5.52. The average molecular weight is 257 g/mol. The Hall–Kier alpha value is -1.94. The zero-order chi connectivity index (χ0) is 13.0. The fourth-order valence-corrected chi connectivity index (χ4v) is 3.24. The summed E-state index contributed by atoms with van der Waals surface area (Å²) in [5.74, 6) is 0.312. The first-order chi connectivity index (χ1) is 9.25. The number of aromatic nitrogens is 1. The van der Waals surface area contributed by atoms with E-state index in [1.165, 1.54) is 0 Å². The van der Waals surface area contributed by atoms with Gasteiger partial charge in [0.2, 0.25) is 11.8 Å². The topological polar surface area (TPSA) is 54.6 Å². The summed E-state index contributed by atoms with van der Waals surface area (Å²) in [6.45, 7) is 0.477. The van der Waals surface area contributed by atoms with Gasteiger partial charge in [0, 0.05) is 0 Å². The molecule has 0 saturated carbocycles. The number of aromatic hydroxyl groups is 2. The van der Waals surface area contributed by atoms with E-state index in [0.29, 0.717) is 6.54 Å². The van der Waals surface area contributed by atoms with Crippen LogP contribution in [-0.4, -0.2) is 14.8 Å². The monoisotopic (exact) mass is 257 g/mol. The molecule has 0 aliphatic carbocycles. The van der Waals surface area contributed by atoms with Crippen LogP contribution in [0.5, 0.6) is 11.8 Å². The average Bonchev–Trinajstić information content (AvgIpc) is 3.10. The molecule has 1 fully saturated rings. The normalized spacial score (nSPS) is 23.8. The van der Waals surface area contributed by atoms with Crippen LogP contribution in [0.3, 0.4) is 0 Å². The minimum absolute atomic E-state index is 0.0390. The zero-order valence-electron chi connectivity index (χ0n) is 10.4. The Bertz CT molecular complexity index is 599. The number of hydrogen-bond donors (Lipinski definition) is 2. The van der Waals surface area contributed by atoms with E-state index in [1.807, 2.05) is 30.3 Å². The van der Waals surface area contributed by atoms with Gasteiger partial charge in [0.05, 0.1) is 29.9 Å². The zero-order valence-corrected chi connectivity index (χ0v) is 10.4. The van der Waals surface area contributed by atoms with Crippen molar-refractivity contribution < 1.29 is 14.9 Å². The van der Waals surface area contributed by atoms with E-state index in [9.17, 15) is 10.2 Å². The fourth-order valence-electron chi connectivity index (χ4n) is 3.24. The molecule has 19 heavy (non-hydrogen) atoms. The van der Waals surface area contributed by atoms with Gasteiger partial charge < -0.3 is 14.9 Å². The molecule has 1 aromatic heterocycles. The maximum Gasteiger partial charge on any atom is 0.200 e. The molecular formula is C15H15NO3. The summed E-state index contributed by atoms with van der Waals surface area (Å²) in [5.41, 5.74) is 2.64. The van der Waals surface area contributed by atoms with Crippen LogP contribution in [0.4, 0.5) is 0 Å². The number of benzene rings is 1. The lowest BCUT2D eigenvalue weighted by atomic mass is 9.95. The molecule has 1 aromatic carbocycles. The van der Waals surface area contributed by atoms with Crippen molar-refractivity contribution in [1.82, 2.24) is 4.57 Å². The van der Waals surface area contributed by atoms with Crippen molar-refractivity contribution in [3.05, 3.63) is 47.0 Å². The molecule has 3 heterocycles. The molecule has 2 aliphatic rings. The van der Waals surface area contributed by atoms with E-state index in [1.54, 1.807) is 4.57 Å². The lowest BCUT2D eigenvalue weighted by molar-refractivity contribution is 0.0679. The first-order valence-corrected chi connectivity index (χ1v) is 6.59. The Labute approximate surface area is 110 Å². The van der Waals surface area contributed by atoms with Crippen LogP contribution in [0.25, 0.3) is 0 Å². The Morgan fingerprint density at radius 3 is 2.16 bits per heavy atom. The number of rotatable bonds is 2. The molecule has 4 nitrogen and oxygen atoms in total. The minimum atomic E-state index is -0.0390. The van der Waals surface area contributed by atoms with Gasteiger partial charge in [-0.2, -0.15) is 0 Å². The standard InChI is InChI=1S/C15H15NO3/c17-14-12-10-6-7-11(19-10)13(12)15(18)16(14)8-9-4-2-1-3-5-9/h1-5,10-11,17-18H,6-8H2. The first-order valence-electron chi connectivity index (χ1n) is 6.59. The maximum absolute atomic E-state index is 10.3. The fraction of sp³-hybridized carbons (Fsp3) is 0.333. The summed E-state index contributed by atoms with van der Waals surface area (Å²) in [5, 5.41) is 20.7. The second-order valence-electron chi connectivity index (χ2n) is 5.24. The quantitative estimate of drug-likeness (QED) is 0.869. The molecule has 2 aliphatic heterocycles. The highest BCUT2D eigenvalue weighted by Crippen LogP contribution is 2.57. The van der Waals surface area contributed by atoms with Crippen molar-refractivity contribution in [2.24, 2.45) is 0 Å². The highest BCUT2D eigenvalue weighted by Gasteiger charge is 2.45. The minimum Gasteiger partial charge on any atom is -0.494 e. The van der Waals surface area contributed by atoms with Crippen molar-refractivity contribution in [3.8, 4) is 11.8 Å². The van der Waals surface area contributed by atoms with Gasteiger partial charge in [0.1, 0.15) is 0 Å². The van der Waals surface area contributed by atoms with Crippen LogP contribution in [0.1, 0.15) is 41.7 Å². The van der Waals surface area contributed by atoms with Crippen LogP contribution < -0.4 is 0 Å². The Morgan fingerprint density at radius 2 is 1.58 bits per heavy atom. The van der Waals surface area contributed by atoms with E-state index in [-0.39, 0.29) is 24.0 Å². The summed E-state index contributed by atoms with van der Waals surface area (Å²) in [6, 6.07) is 9.82. The molecule has 2 bridgehead atoms. The summed E-state index contributed by atoms with van der Waals surface area (Å²) >= 11 is 0. The maximum atomic E-state index is 10.3. The van der Waals surface area contributed by atoms with Gasteiger partial charge in [0.25, 0.3) is 0 Å². The largest absolute Gasteiger partial charge is 0.494 e. The van der Waals surface area contributed by atoms with Crippen LogP contribution >= 0.6 is 0 Å². The van der Waals surface area contributed by atoms with Crippen molar-refractivity contribution in [2.45, 2.75) is 31.6 Å². The van der Waals surface area contributed by atoms with Crippen molar-refractivity contribution in [1.29, 1.82) is 0 Å². The van der Waals surface area contributed by atoms with Gasteiger partial charge in [-0.1, -0.05) is 30.3 Å². The molecule has 0 amide bonds. The number of hydrogen-bond acceptors (Lipinski definition) is 3. The number of fused-ring (bicyclic) bond motifs is 5. The van der Waals surface area contributed by atoms with E-state index in [0.717, 1.165) is 29.5 Å². The molecule has 0 radical (unpaired) electrons. The van der Waals surface area contributed by atoms with Gasteiger partial charge >= 0.3 is 0 Å². The molecule has 2 atom stereocenters. The van der Waals surface area contributed by atoms with Crippen LogP contribution in [0.2, 0.25) is 0 Å². The summed E-state index contributed by atoms with van der Waals surface area (Å²) in [7, 11) is 0. The van der Waals surface area contributed by atoms with Gasteiger partial charge in [-0.25, -0.2) is 0 Å². The first kappa shape index (κ1) is 10.9. The molecule has 4 rings (SSSR count). The lowest BCUT2D eigenvalue weighted by Crippen LogP contribution is -2.00. The van der Waals surface area contributed by atoms with Gasteiger partial charge in [-0.05, 0) is 18.4 Å².